The first-order chi connectivity index (χ1) is 20.4. The summed E-state index contributed by atoms with van der Waals surface area (Å²) in [5.41, 5.74) is 3.92. The van der Waals surface area contributed by atoms with Crippen LogP contribution >= 0.6 is 11.3 Å². The maximum atomic E-state index is 13.3. The quantitative estimate of drug-likeness (QED) is 0.202. The highest BCUT2D eigenvalue weighted by molar-refractivity contribution is 7.15. The Hall–Kier alpha value is -4.89. The Morgan fingerprint density at radius 2 is 1.71 bits per heavy atom. The number of benzene rings is 3. The number of thiazole rings is 1. The lowest BCUT2D eigenvalue weighted by Gasteiger charge is -2.08. The van der Waals surface area contributed by atoms with Crippen molar-refractivity contribution in [1.82, 2.24) is 24.4 Å². The molecule has 0 bridgehead atoms. The van der Waals surface area contributed by atoms with Crippen LogP contribution in [0.2, 0.25) is 0 Å². The van der Waals surface area contributed by atoms with Crippen molar-refractivity contribution in [1.29, 1.82) is 0 Å². The summed E-state index contributed by atoms with van der Waals surface area (Å²) in [5.74, 6) is 1.50. The number of aromatic nitrogens is 5. The van der Waals surface area contributed by atoms with Gasteiger partial charge in [-0.1, -0.05) is 61.6 Å². The van der Waals surface area contributed by atoms with E-state index in [2.05, 4.69) is 23.9 Å². The molecular weight excluding hydrogens is 549 g/mol. The molecule has 0 saturated heterocycles. The lowest BCUT2D eigenvalue weighted by atomic mass is 10.1. The second-order valence-electron chi connectivity index (χ2n) is 10.2. The Morgan fingerprint density at radius 1 is 0.952 bits per heavy atom. The zero-order valence-electron chi connectivity index (χ0n) is 23.1. The summed E-state index contributed by atoms with van der Waals surface area (Å²) in [7, 11) is 0. The summed E-state index contributed by atoms with van der Waals surface area (Å²) >= 11 is 1.27. The highest BCUT2D eigenvalue weighted by Gasteiger charge is 2.14. The third-order valence-corrected chi connectivity index (χ3v) is 7.59. The number of halogens is 1. The summed E-state index contributed by atoms with van der Waals surface area (Å²) in [6.07, 6.45) is 8.23. The summed E-state index contributed by atoms with van der Waals surface area (Å²) < 4.78 is 22.7. The Bertz CT molecular complexity index is 1960. The van der Waals surface area contributed by atoms with Crippen LogP contribution in [0.3, 0.4) is 0 Å². The van der Waals surface area contributed by atoms with Gasteiger partial charge in [0.05, 0.1) is 16.8 Å². The summed E-state index contributed by atoms with van der Waals surface area (Å²) in [6.45, 7) is 5.02. The largest absolute Gasteiger partial charge is 0.494 e. The Morgan fingerprint density at radius 3 is 2.43 bits per heavy atom. The van der Waals surface area contributed by atoms with Gasteiger partial charge in [-0.2, -0.15) is 14.6 Å². The molecule has 0 saturated carbocycles. The number of hydrogen-bond acceptors (Lipinski definition) is 6. The van der Waals surface area contributed by atoms with Crippen LogP contribution in [0.5, 0.6) is 5.75 Å². The van der Waals surface area contributed by atoms with E-state index >= 15 is 0 Å². The maximum absolute atomic E-state index is 13.3. The molecule has 0 amide bonds. The van der Waals surface area contributed by atoms with Gasteiger partial charge in [0.15, 0.2) is 5.82 Å². The maximum Gasteiger partial charge on any atom is 0.291 e. The van der Waals surface area contributed by atoms with Crippen molar-refractivity contribution in [3.63, 3.8) is 0 Å². The molecule has 0 radical (unpaired) electrons. The average Bonchev–Trinajstić information content (AvgIpc) is 3.68. The molecular formula is C33H28FN5O2S. The van der Waals surface area contributed by atoms with Crippen molar-refractivity contribution in [3.05, 3.63) is 123 Å². The van der Waals surface area contributed by atoms with Gasteiger partial charge in [0.25, 0.3) is 5.56 Å². The Kier molecular flexibility index (Phi) is 7.74. The third kappa shape index (κ3) is 6.06. The molecule has 7 nitrogen and oxygen atoms in total. The minimum Gasteiger partial charge on any atom is -0.494 e. The van der Waals surface area contributed by atoms with E-state index < -0.39 is 0 Å². The molecule has 0 aliphatic heterocycles. The number of para-hydroxylation sites is 1. The highest BCUT2D eigenvalue weighted by Crippen LogP contribution is 2.27. The molecule has 6 rings (SSSR count). The van der Waals surface area contributed by atoms with Gasteiger partial charge < -0.3 is 4.74 Å². The van der Waals surface area contributed by atoms with Gasteiger partial charge in [-0.3, -0.25) is 4.79 Å². The molecule has 9 heteroatoms. The molecule has 42 heavy (non-hydrogen) atoms. The van der Waals surface area contributed by atoms with Gasteiger partial charge >= 0.3 is 0 Å². The number of nitrogens with zero attached hydrogens (tertiary/aromatic N) is 5. The molecule has 0 aliphatic rings. The van der Waals surface area contributed by atoms with Crippen LogP contribution in [0.4, 0.5) is 4.39 Å². The number of fused-ring (bicyclic) bond motifs is 1. The van der Waals surface area contributed by atoms with E-state index in [9.17, 15) is 9.18 Å². The van der Waals surface area contributed by atoms with Crippen molar-refractivity contribution in [3.8, 4) is 22.7 Å². The van der Waals surface area contributed by atoms with Gasteiger partial charge in [-0.25, -0.2) is 9.07 Å². The number of ether oxygens (including phenoxy) is 1. The predicted octanol–water partition coefficient (Wildman–Crippen LogP) is 6.29. The fraction of sp³-hybridized carbons (Fsp3) is 0.152. The van der Waals surface area contributed by atoms with E-state index in [0.29, 0.717) is 27.8 Å². The molecule has 0 atom stereocenters. The van der Waals surface area contributed by atoms with Gasteiger partial charge in [0.1, 0.15) is 17.3 Å². The molecule has 6 aromatic rings. The van der Waals surface area contributed by atoms with Gasteiger partial charge in [0.2, 0.25) is 4.96 Å². The minimum atomic E-state index is -0.298. The van der Waals surface area contributed by atoms with Crippen LogP contribution < -0.4 is 14.8 Å². The summed E-state index contributed by atoms with van der Waals surface area (Å²) in [4.78, 5) is 18.3. The third-order valence-electron chi connectivity index (χ3n) is 6.63. The first-order valence-corrected chi connectivity index (χ1v) is 14.5. The van der Waals surface area contributed by atoms with Crippen molar-refractivity contribution < 1.29 is 9.13 Å². The summed E-state index contributed by atoms with van der Waals surface area (Å²) in [5, 5.41) is 9.26. The van der Waals surface area contributed by atoms with Crippen LogP contribution in [0.25, 0.3) is 40.1 Å². The van der Waals surface area contributed by atoms with E-state index in [-0.39, 0.29) is 11.4 Å². The second kappa shape index (κ2) is 11.9. The monoisotopic (exact) mass is 577 g/mol. The Balaban J connectivity index is 1.34. The standard InChI is InChI=1S/C33H28FN5O2S/c1-22(2)18-19-41-28-15-11-24(12-16-28)31-25(21-38(37-31)27-6-4-3-5-7-27)20-29-32(40)39-33(42-29)35-30(36-39)17-10-23-8-13-26(34)14-9-23/h3-17,20-22H,18-19H2,1-2H3/b17-10+,29-20-. The molecule has 0 spiro atoms. The van der Waals surface area contributed by atoms with Gasteiger partial charge in [-0.15, -0.1) is 5.10 Å². The SMILES string of the molecule is CC(C)CCOc1ccc(-c2nn(-c3ccccc3)cc2/C=c2\sc3nc(/C=C/c4ccc(F)cc4)nn3c2=O)cc1. The van der Waals surface area contributed by atoms with E-state index in [1.54, 1.807) is 24.3 Å². The van der Waals surface area contributed by atoms with E-state index in [1.165, 1.54) is 28.0 Å². The van der Waals surface area contributed by atoms with Crippen molar-refractivity contribution >= 4 is 34.5 Å². The minimum absolute atomic E-state index is 0.253. The average molecular weight is 578 g/mol. The van der Waals surface area contributed by atoms with Crippen LogP contribution in [0, 0.1) is 11.7 Å². The van der Waals surface area contributed by atoms with E-state index in [1.807, 2.05) is 71.6 Å². The first kappa shape index (κ1) is 27.3. The highest BCUT2D eigenvalue weighted by atomic mass is 32.1. The molecule has 210 valence electrons. The fourth-order valence-electron chi connectivity index (χ4n) is 4.36. The molecule has 0 N–H and O–H groups in total. The zero-order chi connectivity index (χ0) is 29.1. The molecule has 0 unspecified atom stereocenters. The zero-order valence-corrected chi connectivity index (χ0v) is 24.0. The molecule has 0 fully saturated rings. The van der Waals surface area contributed by atoms with Gasteiger partial charge in [-0.05, 0) is 78.6 Å². The molecule has 3 aromatic heterocycles. The number of hydrogen-bond donors (Lipinski definition) is 0. The normalized spacial score (nSPS) is 12.2. The fourth-order valence-corrected chi connectivity index (χ4v) is 5.26. The summed E-state index contributed by atoms with van der Waals surface area (Å²) in [6, 6.07) is 23.8. The molecule has 3 aromatic carbocycles. The van der Waals surface area contributed by atoms with E-state index in [4.69, 9.17) is 9.84 Å². The molecule has 0 aliphatic carbocycles. The van der Waals surface area contributed by atoms with Crippen LogP contribution in [0.1, 0.15) is 37.2 Å². The predicted molar refractivity (Wildman–Crippen MR) is 165 cm³/mol. The van der Waals surface area contributed by atoms with Crippen LogP contribution in [-0.4, -0.2) is 31.0 Å². The topological polar surface area (TPSA) is 74.3 Å². The van der Waals surface area contributed by atoms with Crippen molar-refractivity contribution in [2.45, 2.75) is 20.3 Å². The van der Waals surface area contributed by atoms with Crippen LogP contribution in [0.15, 0.2) is 89.9 Å². The van der Waals surface area contributed by atoms with E-state index in [0.717, 1.165) is 40.2 Å². The number of rotatable bonds is 9. The lowest BCUT2D eigenvalue weighted by Crippen LogP contribution is -2.23. The first-order valence-electron chi connectivity index (χ1n) is 13.7. The smallest absolute Gasteiger partial charge is 0.291 e. The van der Waals surface area contributed by atoms with Crippen molar-refractivity contribution in [2.75, 3.05) is 6.61 Å². The van der Waals surface area contributed by atoms with Crippen molar-refractivity contribution in [2.24, 2.45) is 5.92 Å². The van der Waals surface area contributed by atoms with Crippen LogP contribution in [-0.2, 0) is 0 Å². The molecule has 3 heterocycles. The Labute approximate surface area is 245 Å². The van der Waals surface area contributed by atoms with Gasteiger partial charge in [0, 0.05) is 17.3 Å². The lowest BCUT2D eigenvalue weighted by molar-refractivity contribution is 0.289. The second-order valence-corrected chi connectivity index (χ2v) is 11.2.